The molecule has 0 saturated carbocycles. The zero-order valence-electron chi connectivity index (χ0n) is 12.0. The molecule has 4 nitrogen and oxygen atoms in total. The summed E-state index contributed by atoms with van der Waals surface area (Å²) in [5.74, 6) is 0.923. The molecule has 0 unspecified atom stereocenters. The first kappa shape index (κ1) is 13.4. The average Bonchev–Trinajstić information content (AvgIpc) is 2.93. The molecule has 3 aromatic rings. The van der Waals surface area contributed by atoms with E-state index < -0.39 is 0 Å². The highest BCUT2D eigenvalue weighted by Gasteiger charge is 2.29. The van der Waals surface area contributed by atoms with Crippen molar-refractivity contribution in [1.82, 2.24) is 9.55 Å². The Labute approximate surface area is 132 Å². The summed E-state index contributed by atoms with van der Waals surface area (Å²) in [4.78, 5) is 17.1. The first-order valence-corrected chi connectivity index (χ1v) is 7.95. The van der Waals surface area contributed by atoms with Crippen LogP contribution in [0.2, 0.25) is 0 Å². The lowest BCUT2D eigenvalue weighted by atomic mass is 10.1. The van der Waals surface area contributed by atoms with Gasteiger partial charge in [-0.15, -0.1) is 0 Å². The van der Waals surface area contributed by atoms with E-state index in [4.69, 9.17) is 4.74 Å². The van der Waals surface area contributed by atoms with Crippen molar-refractivity contribution < 1.29 is 9.53 Å². The Kier molecular flexibility index (Phi) is 3.15. The summed E-state index contributed by atoms with van der Waals surface area (Å²) in [5, 5.41) is 0.876. The van der Waals surface area contributed by atoms with Crippen molar-refractivity contribution in [2.24, 2.45) is 0 Å². The maximum absolute atomic E-state index is 12.6. The van der Waals surface area contributed by atoms with Gasteiger partial charge in [-0.25, -0.2) is 4.98 Å². The summed E-state index contributed by atoms with van der Waals surface area (Å²) in [5.41, 5.74) is 2.88. The second-order valence-electron chi connectivity index (χ2n) is 5.20. The molecule has 0 amide bonds. The third-order valence-electron chi connectivity index (χ3n) is 3.87. The summed E-state index contributed by atoms with van der Waals surface area (Å²) in [6.45, 7) is 0. The maximum Gasteiger partial charge on any atom is 0.234 e. The van der Waals surface area contributed by atoms with Gasteiger partial charge in [0.05, 0.1) is 18.1 Å². The number of fused-ring (bicyclic) bond motifs is 3. The molecule has 0 aliphatic carbocycles. The molecule has 110 valence electrons. The van der Waals surface area contributed by atoms with E-state index in [1.807, 2.05) is 48.5 Å². The number of hydrogen-bond acceptors (Lipinski definition) is 4. The number of methoxy groups -OCH3 is 1. The summed E-state index contributed by atoms with van der Waals surface area (Å²) in [6, 6.07) is 15.7. The normalized spacial score (nSPS) is 17.5. The van der Waals surface area contributed by atoms with Crippen LogP contribution in [0.1, 0.15) is 22.0 Å². The van der Waals surface area contributed by atoms with Gasteiger partial charge in [0.1, 0.15) is 5.75 Å². The van der Waals surface area contributed by atoms with E-state index in [1.165, 1.54) is 0 Å². The van der Waals surface area contributed by atoms with Crippen molar-refractivity contribution in [2.45, 2.75) is 16.8 Å². The molecular formula is C17H14N2O2S. The lowest BCUT2D eigenvalue weighted by Crippen LogP contribution is -2.19. The Balaban J connectivity index is 1.73. The Bertz CT molecular complexity index is 855. The van der Waals surface area contributed by atoms with E-state index in [0.29, 0.717) is 6.42 Å². The fourth-order valence-corrected chi connectivity index (χ4v) is 3.98. The summed E-state index contributed by atoms with van der Waals surface area (Å²) in [7, 11) is 1.65. The number of rotatable bonds is 2. The van der Waals surface area contributed by atoms with Crippen LogP contribution in [0.25, 0.3) is 11.0 Å². The molecule has 1 aliphatic rings. The number of para-hydroxylation sites is 2. The molecule has 0 fully saturated rings. The van der Waals surface area contributed by atoms with E-state index in [0.717, 1.165) is 27.5 Å². The topological polar surface area (TPSA) is 44.1 Å². The van der Waals surface area contributed by atoms with E-state index in [9.17, 15) is 4.79 Å². The monoisotopic (exact) mass is 310 g/mol. The van der Waals surface area contributed by atoms with Crippen molar-refractivity contribution in [3.63, 3.8) is 0 Å². The maximum atomic E-state index is 12.6. The van der Waals surface area contributed by atoms with Gasteiger partial charge < -0.3 is 4.74 Å². The highest BCUT2D eigenvalue weighted by atomic mass is 32.2. The third kappa shape index (κ3) is 2.09. The number of hydrogen-bond donors (Lipinski definition) is 0. The number of carbonyl (C=O) groups excluding carboxylic acids is 1. The second kappa shape index (κ2) is 5.18. The average molecular weight is 310 g/mol. The van der Waals surface area contributed by atoms with Crippen LogP contribution in [0.3, 0.4) is 0 Å². The van der Waals surface area contributed by atoms with Crippen molar-refractivity contribution >= 4 is 28.7 Å². The molecule has 0 spiro atoms. The lowest BCUT2D eigenvalue weighted by Gasteiger charge is -2.22. The minimum absolute atomic E-state index is 0.0997. The standard InChI is InChI=1S/C17H14N2O2S/c1-21-12-8-6-11(7-9-12)15-10-16(20)19-14-5-3-2-4-13(14)18-17(19)22-15/h2-9,15H,10H2,1H3/t15-/m1/s1. The minimum atomic E-state index is 0.0997. The Morgan fingerprint density at radius 3 is 2.73 bits per heavy atom. The first-order valence-electron chi connectivity index (χ1n) is 7.07. The van der Waals surface area contributed by atoms with Gasteiger partial charge in [0.2, 0.25) is 5.91 Å². The van der Waals surface area contributed by atoms with Crippen LogP contribution in [0.5, 0.6) is 5.75 Å². The SMILES string of the molecule is COc1ccc([C@H]2CC(=O)n3c(nc4ccccc43)S2)cc1. The van der Waals surface area contributed by atoms with Gasteiger partial charge in [-0.05, 0) is 29.8 Å². The second-order valence-corrected chi connectivity index (χ2v) is 6.37. The third-order valence-corrected chi connectivity index (χ3v) is 5.08. The fraction of sp³-hybridized carbons (Fsp3) is 0.176. The molecule has 4 rings (SSSR count). The molecule has 1 aromatic heterocycles. The number of nitrogens with zero attached hydrogens (tertiary/aromatic N) is 2. The van der Waals surface area contributed by atoms with Gasteiger partial charge >= 0.3 is 0 Å². The predicted molar refractivity (Wildman–Crippen MR) is 86.6 cm³/mol. The fourth-order valence-electron chi connectivity index (χ4n) is 2.75. The number of ether oxygens (including phenoxy) is 1. The predicted octanol–water partition coefficient (Wildman–Crippen LogP) is 3.92. The molecule has 2 heterocycles. The molecule has 2 aromatic carbocycles. The smallest absolute Gasteiger partial charge is 0.234 e. The summed E-state index contributed by atoms with van der Waals surface area (Å²) < 4.78 is 6.92. The molecule has 1 aliphatic heterocycles. The van der Waals surface area contributed by atoms with Crippen LogP contribution in [-0.4, -0.2) is 22.6 Å². The van der Waals surface area contributed by atoms with Crippen molar-refractivity contribution in [1.29, 1.82) is 0 Å². The minimum Gasteiger partial charge on any atom is -0.497 e. The van der Waals surface area contributed by atoms with Crippen LogP contribution < -0.4 is 4.74 Å². The molecule has 5 heteroatoms. The van der Waals surface area contributed by atoms with Gasteiger partial charge in [0.15, 0.2) is 5.16 Å². The molecule has 22 heavy (non-hydrogen) atoms. The quantitative estimate of drug-likeness (QED) is 0.719. The molecular weight excluding hydrogens is 296 g/mol. The van der Waals surface area contributed by atoms with Crippen LogP contribution >= 0.6 is 11.8 Å². The number of benzene rings is 2. The van der Waals surface area contributed by atoms with Gasteiger partial charge in [0, 0.05) is 11.7 Å². The largest absolute Gasteiger partial charge is 0.497 e. The van der Waals surface area contributed by atoms with Crippen molar-refractivity contribution in [3.8, 4) is 5.75 Å². The Morgan fingerprint density at radius 1 is 1.18 bits per heavy atom. The van der Waals surface area contributed by atoms with Crippen LogP contribution in [0.15, 0.2) is 53.7 Å². The van der Waals surface area contributed by atoms with Gasteiger partial charge in [-0.1, -0.05) is 36.0 Å². The van der Waals surface area contributed by atoms with Gasteiger partial charge in [-0.3, -0.25) is 9.36 Å². The molecule has 0 radical (unpaired) electrons. The summed E-state index contributed by atoms with van der Waals surface area (Å²) in [6.07, 6.45) is 0.477. The van der Waals surface area contributed by atoms with Crippen molar-refractivity contribution in [3.05, 3.63) is 54.1 Å². The Morgan fingerprint density at radius 2 is 1.95 bits per heavy atom. The number of imidazole rings is 1. The zero-order chi connectivity index (χ0) is 15.1. The van der Waals surface area contributed by atoms with Crippen LogP contribution in [-0.2, 0) is 0 Å². The molecule has 0 bridgehead atoms. The van der Waals surface area contributed by atoms with E-state index in [-0.39, 0.29) is 11.2 Å². The van der Waals surface area contributed by atoms with E-state index >= 15 is 0 Å². The van der Waals surface area contributed by atoms with E-state index in [2.05, 4.69) is 4.98 Å². The molecule has 1 atom stereocenters. The molecule has 0 N–H and O–H groups in total. The summed E-state index contributed by atoms with van der Waals surface area (Å²) >= 11 is 1.64. The zero-order valence-corrected chi connectivity index (χ0v) is 12.8. The van der Waals surface area contributed by atoms with E-state index in [1.54, 1.807) is 23.4 Å². The number of aromatic nitrogens is 2. The van der Waals surface area contributed by atoms with Crippen LogP contribution in [0.4, 0.5) is 0 Å². The highest BCUT2D eigenvalue weighted by Crippen LogP contribution is 2.43. The van der Waals surface area contributed by atoms with Crippen LogP contribution in [0, 0.1) is 0 Å². The number of carbonyl (C=O) groups is 1. The molecule has 0 saturated heterocycles. The van der Waals surface area contributed by atoms with Crippen molar-refractivity contribution in [2.75, 3.05) is 7.11 Å². The van der Waals surface area contributed by atoms with Gasteiger partial charge in [0.25, 0.3) is 0 Å². The number of thioether (sulfide) groups is 1. The lowest BCUT2D eigenvalue weighted by molar-refractivity contribution is 0.0891. The van der Waals surface area contributed by atoms with Gasteiger partial charge in [-0.2, -0.15) is 0 Å². The Hall–Kier alpha value is -2.27. The first-order chi connectivity index (χ1) is 10.8. The highest BCUT2D eigenvalue weighted by molar-refractivity contribution is 7.99.